The maximum Gasteiger partial charge on any atom is 0.183 e. The SMILES string of the molecule is [CH2+][CH-]CCCCCOCCOC1CCC(C2COC(c3ccc(-c4ccc(C)cc4)cc3)OC2)CC1. The molecule has 0 amide bonds. The summed E-state index contributed by atoms with van der Waals surface area (Å²) in [5, 5.41) is 0. The van der Waals surface area contributed by atoms with E-state index in [1.807, 2.05) is 6.42 Å². The summed E-state index contributed by atoms with van der Waals surface area (Å²) in [5.74, 6) is 1.15. The summed E-state index contributed by atoms with van der Waals surface area (Å²) in [7, 11) is 0. The van der Waals surface area contributed by atoms with Crippen molar-refractivity contribution < 1.29 is 18.9 Å². The summed E-state index contributed by atoms with van der Waals surface area (Å²) in [5.41, 5.74) is 4.83. The molecule has 0 N–H and O–H groups in total. The molecule has 4 heteroatoms. The Balaban J connectivity index is 1.09. The molecular weight excluding hydrogens is 448 g/mol. The van der Waals surface area contributed by atoms with Gasteiger partial charge >= 0.3 is 0 Å². The summed E-state index contributed by atoms with van der Waals surface area (Å²) in [6.45, 7) is 9.69. The number of unbranched alkanes of at least 4 members (excludes halogenated alkanes) is 4. The molecule has 196 valence electrons. The highest BCUT2D eigenvalue weighted by atomic mass is 16.7. The largest absolute Gasteiger partial charge is 0.379 e. The van der Waals surface area contributed by atoms with Gasteiger partial charge in [-0.3, -0.25) is 0 Å². The van der Waals surface area contributed by atoms with Crippen molar-refractivity contribution in [2.24, 2.45) is 11.8 Å². The van der Waals surface area contributed by atoms with Gasteiger partial charge in [-0.2, -0.15) is 0 Å². The molecule has 0 atom stereocenters. The van der Waals surface area contributed by atoms with Gasteiger partial charge in [-0.15, -0.1) is 12.8 Å². The van der Waals surface area contributed by atoms with Gasteiger partial charge in [0.15, 0.2) is 6.29 Å². The molecule has 36 heavy (non-hydrogen) atoms. The highest BCUT2D eigenvalue weighted by molar-refractivity contribution is 5.63. The van der Waals surface area contributed by atoms with Crippen LogP contribution in [-0.2, 0) is 18.9 Å². The van der Waals surface area contributed by atoms with E-state index in [-0.39, 0.29) is 6.29 Å². The van der Waals surface area contributed by atoms with Gasteiger partial charge in [0, 0.05) is 18.1 Å². The first-order valence-corrected chi connectivity index (χ1v) is 13.9. The number of ether oxygens (including phenoxy) is 4. The van der Waals surface area contributed by atoms with Crippen LogP contribution in [-0.4, -0.2) is 39.1 Å². The minimum atomic E-state index is -0.255. The first-order chi connectivity index (χ1) is 17.7. The minimum absolute atomic E-state index is 0.255. The van der Waals surface area contributed by atoms with Crippen molar-refractivity contribution in [3.05, 3.63) is 73.0 Å². The van der Waals surface area contributed by atoms with Crippen LogP contribution in [0.4, 0.5) is 0 Å². The number of benzene rings is 2. The van der Waals surface area contributed by atoms with E-state index in [0.717, 1.165) is 51.1 Å². The zero-order chi connectivity index (χ0) is 25.0. The van der Waals surface area contributed by atoms with Gasteiger partial charge in [0.2, 0.25) is 0 Å². The van der Waals surface area contributed by atoms with E-state index in [0.29, 0.717) is 31.2 Å². The molecule has 4 rings (SSSR count). The van der Waals surface area contributed by atoms with Crippen molar-refractivity contribution in [1.82, 2.24) is 0 Å². The zero-order valence-electron chi connectivity index (χ0n) is 22.0. The second kappa shape index (κ2) is 14.8. The molecule has 2 aliphatic rings. The molecule has 1 aliphatic carbocycles. The molecule has 2 aromatic carbocycles. The zero-order valence-corrected chi connectivity index (χ0v) is 22.0. The Morgan fingerprint density at radius 1 is 0.778 bits per heavy atom. The van der Waals surface area contributed by atoms with Crippen LogP contribution >= 0.6 is 0 Å². The van der Waals surface area contributed by atoms with Gasteiger partial charge in [-0.25, -0.2) is 0 Å². The summed E-state index contributed by atoms with van der Waals surface area (Å²) in [6.07, 6.45) is 11.4. The maximum absolute atomic E-state index is 6.18. The molecular formula is C32H44O4. The van der Waals surface area contributed by atoms with Crippen LogP contribution in [0.15, 0.2) is 48.5 Å². The average Bonchev–Trinajstić information content (AvgIpc) is 2.93. The highest BCUT2D eigenvalue weighted by Gasteiger charge is 2.32. The normalized spacial score (nSPS) is 24.6. The lowest BCUT2D eigenvalue weighted by Gasteiger charge is -2.37. The molecule has 1 saturated carbocycles. The fourth-order valence-corrected chi connectivity index (χ4v) is 5.33. The Morgan fingerprint density at radius 3 is 2.11 bits per heavy atom. The molecule has 1 heterocycles. The van der Waals surface area contributed by atoms with Crippen LogP contribution in [0.1, 0.15) is 68.8 Å². The summed E-state index contributed by atoms with van der Waals surface area (Å²) in [6, 6.07) is 17.2. The van der Waals surface area contributed by atoms with Gasteiger partial charge < -0.3 is 18.9 Å². The van der Waals surface area contributed by atoms with Crippen molar-refractivity contribution in [2.75, 3.05) is 33.0 Å². The molecule has 0 spiro atoms. The van der Waals surface area contributed by atoms with Crippen LogP contribution in [0.5, 0.6) is 0 Å². The first-order valence-electron chi connectivity index (χ1n) is 13.9. The molecule has 0 bridgehead atoms. The van der Waals surface area contributed by atoms with Crippen molar-refractivity contribution >= 4 is 0 Å². The van der Waals surface area contributed by atoms with Gasteiger partial charge in [0.05, 0.1) is 32.5 Å². The third-order valence-corrected chi connectivity index (χ3v) is 7.65. The number of aryl methyl sites for hydroxylation is 1. The number of hydrogen-bond acceptors (Lipinski definition) is 4. The minimum Gasteiger partial charge on any atom is -0.379 e. The van der Waals surface area contributed by atoms with Gasteiger partial charge in [-0.05, 0) is 56.1 Å². The van der Waals surface area contributed by atoms with Crippen LogP contribution in [0.25, 0.3) is 11.1 Å². The molecule has 2 fully saturated rings. The first kappa shape index (κ1) is 27.2. The van der Waals surface area contributed by atoms with Crippen LogP contribution in [0.3, 0.4) is 0 Å². The van der Waals surface area contributed by atoms with Crippen LogP contribution in [0, 0.1) is 32.1 Å². The van der Waals surface area contributed by atoms with Gasteiger partial charge in [0.1, 0.15) is 0 Å². The van der Waals surface area contributed by atoms with E-state index >= 15 is 0 Å². The fraction of sp³-hybridized carbons (Fsp3) is 0.562. The summed E-state index contributed by atoms with van der Waals surface area (Å²) < 4.78 is 24.2. The molecule has 2 aromatic rings. The summed E-state index contributed by atoms with van der Waals surface area (Å²) >= 11 is 0. The second-order valence-corrected chi connectivity index (χ2v) is 10.4. The monoisotopic (exact) mass is 492 g/mol. The van der Waals surface area contributed by atoms with Crippen molar-refractivity contribution in [2.45, 2.75) is 70.7 Å². The topological polar surface area (TPSA) is 36.9 Å². The van der Waals surface area contributed by atoms with Crippen LogP contribution < -0.4 is 0 Å². The highest BCUT2D eigenvalue weighted by Crippen LogP contribution is 2.36. The Bertz CT molecular complexity index is 847. The van der Waals surface area contributed by atoms with E-state index in [1.54, 1.807) is 0 Å². The third kappa shape index (κ3) is 8.34. The quantitative estimate of drug-likeness (QED) is 0.214. The average molecular weight is 493 g/mol. The van der Waals surface area contributed by atoms with E-state index < -0.39 is 0 Å². The fourth-order valence-electron chi connectivity index (χ4n) is 5.33. The smallest absolute Gasteiger partial charge is 0.183 e. The number of hydrogen-bond donors (Lipinski definition) is 0. The van der Waals surface area contributed by atoms with Gasteiger partial charge in [-0.1, -0.05) is 73.9 Å². The van der Waals surface area contributed by atoms with Gasteiger partial charge in [0.25, 0.3) is 0 Å². The second-order valence-electron chi connectivity index (χ2n) is 10.4. The van der Waals surface area contributed by atoms with E-state index in [2.05, 4.69) is 62.4 Å². The maximum atomic E-state index is 6.18. The van der Waals surface area contributed by atoms with E-state index in [1.165, 1.54) is 42.4 Å². The Hall–Kier alpha value is -1.85. The van der Waals surface area contributed by atoms with Crippen molar-refractivity contribution in [3.8, 4) is 11.1 Å². The lowest BCUT2D eigenvalue weighted by Crippen LogP contribution is -2.35. The Kier molecular flexibility index (Phi) is 11.2. The molecule has 4 nitrogen and oxygen atoms in total. The van der Waals surface area contributed by atoms with E-state index in [9.17, 15) is 0 Å². The molecule has 1 aliphatic heterocycles. The Labute approximate surface area is 218 Å². The number of rotatable bonds is 13. The standard InChI is InChI=1S/C32H44O4/c1-3-4-5-6-7-20-33-21-22-34-31-18-16-28(17-19-31)30-23-35-32(36-24-30)29-14-12-27(13-15-29)26-10-8-25(2)9-11-26/h3,8-15,28,30-32H,1,4-7,16-24H2,2H3. The molecule has 0 aromatic heterocycles. The lowest BCUT2D eigenvalue weighted by atomic mass is 9.79. The molecule has 1 saturated heterocycles. The Morgan fingerprint density at radius 2 is 1.44 bits per heavy atom. The summed E-state index contributed by atoms with van der Waals surface area (Å²) in [4.78, 5) is 0. The molecule has 0 unspecified atom stereocenters. The predicted octanol–water partition coefficient (Wildman–Crippen LogP) is 7.51. The van der Waals surface area contributed by atoms with Crippen molar-refractivity contribution in [3.63, 3.8) is 0 Å². The predicted molar refractivity (Wildman–Crippen MR) is 145 cm³/mol. The van der Waals surface area contributed by atoms with Crippen molar-refractivity contribution in [1.29, 1.82) is 0 Å². The van der Waals surface area contributed by atoms with Crippen LogP contribution in [0.2, 0.25) is 0 Å². The third-order valence-electron chi connectivity index (χ3n) is 7.65. The lowest BCUT2D eigenvalue weighted by molar-refractivity contribution is -0.215. The molecule has 0 radical (unpaired) electrons. The van der Waals surface area contributed by atoms with E-state index in [4.69, 9.17) is 18.9 Å².